The molecule has 0 aliphatic carbocycles. The summed E-state index contributed by atoms with van der Waals surface area (Å²) in [5.41, 5.74) is -0.118. The molecule has 146 valence electrons. The van der Waals surface area contributed by atoms with Crippen LogP contribution in [0, 0.1) is 6.92 Å². The maximum Gasteiger partial charge on any atom is 0.416 e. The number of nitrogens with zero attached hydrogens (tertiary/aromatic N) is 2. The SMILES string of the molecule is Cc1cc(Oc2cccc(C(F)(F)F)c2)nn1C(=O)Nc1ccc(Cl)cc1Cl. The molecule has 1 aromatic heterocycles. The van der Waals surface area contributed by atoms with Gasteiger partial charge in [-0.05, 0) is 43.3 Å². The fraction of sp³-hybridized carbons (Fsp3) is 0.111. The smallest absolute Gasteiger partial charge is 0.416 e. The molecule has 2 aromatic carbocycles. The second-order valence-corrected chi connectivity index (χ2v) is 6.56. The molecule has 0 saturated carbocycles. The molecular weight excluding hydrogens is 418 g/mol. The highest BCUT2D eigenvalue weighted by Gasteiger charge is 2.30. The maximum absolute atomic E-state index is 12.8. The van der Waals surface area contributed by atoms with Gasteiger partial charge in [-0.1, -0.05) is 29.3 Å². The zero-order valence-corrected chi connectivity index (χ0v) is 15.7. The molecule has 0 radical (unpaired) electrons. The Labute approximate surface area is 167 Å². The molecule has 0 aliphatic heterocycles. The molecule has 1 amide bonds. The van der Waals surface area contributed by atoms with E-state index in [0.29, 0.717) is 16.4 Å². The molecule has 0 atom stereocenters. The molecule has 0 bridgehead atoms. The lowest BCUT2D eigenvalue weighted by Gasteiger charge is -2.09. The molecule has 3 rings (SSSR count). The van der Waals surface area contributed by atoms with Crippen LogP contribution < -0.4 is 10.1 Å². The van der Waals surface area contributed by atoms with Gasteiger partial charge in [-0.2, -0.15) is 17.9 Å². The monoisotopic (exact) mass is 429 g/mol. The number of carbonyl (C=O) groups is 1. The normalized spacial score (nSPS) is 11.4. The number of ether oxygens (including phenoxy) is 1. The summed E-state index contributed by atoms with van der Waals surface area (Å²) in [6.07, 6.45) is -4.49. The van der Waals surface area contributed by atoms with Crippen LogP contribution >= 0.6 is 23.2 Å². The third-order valence-corrected chi connectivity index (χ3v) is 4.16. The Morgan fingerprint density at radius 3 is 2.57 bits per heavy atom. The summed E-state index contributed by atoms with van der Waals surface area (Å²) in [4.78, 5) is 12.4. The summed E-state index contributed by atoms with van der Waals surface area (Å²) in [5.74, 6) is -0.0881. The summed E-state index contributed by atoms with van der Waals surface area (Å²) in [5, 5.41) is 7.19. The zero-order valence-electron chi connectivity index (χ0n) is 14.2. The lowest BCUT2D eigenvalue weighted by Crippen LogP contribution is -2.22. The molecule has 0 fully saturated rings. The van der Waals surface area contributed by atoms with Crippen molar-refractivity contribution >= 4 is 34.9 Å². The summed E-state index contributed by atoms with van der Waals surface area (Å²) in [7, 11) is 0. The van der Waals surface area contributed by atoms with Gasteiger partial charge in [0.25, 0.3) is 0 Å². The van der Waals surface area contributed by atoms with Crippen molar-refractivity contribution in [3.63, 3.8) is 0 Å². The average molecular weight is 430 g/mol. The van der Waals surface area contributed by atoms with Crippen LogP contribution in [0.5, 0.6) is 11.6 Å². The van der Waals surface area contributed by atoms with E-state index in [1.807, 2.05) is 0 Å². The minimum absolute atomic E-state index is 0.0332. The second-order valence-electron chi connectivity index (χ2n) is 5.72. The number of carbonyl (C=O) groups excluding carboxylic acids is 1. The van der Waals surface area contributed by atoms with Crippen LogP contribution in [0.15, 0.2) is 48.5 Å². The first-order chi connectivity index (χ1) is 13.1. The van der Waals surface area contributed by atoms with Crippen molar-refractivity contribution in [2.24, 2.45) is 0 Å². The minimum atomic E-state index is -4.49. The van der Waals surface area contributed by atoms with E-state index in [-0.39, 0.29) is 16.7 Å². The molecule has 0 unspecified atom stereocenters. The number of anilines is 1. The van der Waals surface area contributed by atoms with Crippen molar-refractivity contribution in [1.29, 1.82) is 0 Å². The Bertz CT molecular complexity index is 1040. The lowest BCUT2D eigenvalue weighted by molar-refractivity contribution is -0.137. The van der Waals surface area contributed by atoms with Crippen molar-refractivity contribution in [2.75, 3.05) is 5.32 Å². The largest absolute Gasteiger partial charge is 0.438 e. The van der Waals surface area contributed by atoms with E-state index in [2.05, 4.69) is 10.4 Å². The van der Waals surface area contributed by atoms with E-state index < -0.39 is 17.8 Å². The third kappa shape index (κ3) is 4.58. The number of aryl methyl sites for hydroxylation is 1. The zero-order chi connectivity index (χ0) is 20.5. The fourth-order valence-corrected chi connectivity index (χ4v) is 2.77. The van der Waals surface area contributed by atoms with E-state index in [1.54, 1.807) is 13.0 Å². The van der Waals surface area contributed by atoms with E-state index >= 15 is 0 Å². The molecule has 3 aromatic rings. The standard InChI is InChI=1S/C18H12Cl2F3N3O2/c1-10-7-16(28-13-4-2-3-11(8-13)18(21,22)23)25-26(10)17(27)24-15-6-5-12(19)9-14(15)20/h2-9H,1H3,(H,24,27). The number of amides is 1. The fourth-order valence-electron chi connectivity index (χ4n) is 2.32. The predicted molar refractivity (Wildman–Crippen MR) is 99.4 cm³/mol. The number of rotatable bonds is 3. The van der Waals surface area contributed by atoms with Gasteiger partial charge < -0.3 is 10.1 Å². The highest BCUT2D eigenvalue weighted by atomic mass is 35.5. The number of halogens is 5. The molecule has 1 heterocycles. The average Bonchev–Trinajstić information content (AvgIpc) is 2.97. The van der Waals surface area contributed by atoms with Gasteiger partial charge in [0, 0.05) is 11.1 Å². The van der Waals surface area contributed by atoms with Crippen molar-refractivity contribution in [3.8, 4) is 11.6 Å². The van der Waals surface area contributed by atoms with Gasteiger partial charge in [0.2, 0.25) is 5.88 Å². The predicted octanol–water partition coefficient (Wildman–Crippen LogP) is 6.39. The molecule has 5 nitrogen and oxygen atoms in total. The van der Waals surface area contributed by atoms with E-state index in [4.69, 9.17) is 27.9 Å². The van der Waals surface area contributed by atoms with Crippen LogP contribution in [0.3, 0.4) is 0 Å². The quantitative estimate of drug-likeness (QED) is 0.524. The van der Waals surface area contributed by atoms with Crippen LogP contribution in [-0.2, 0) is 6.18 Å². The molecule has 0 saturated heterocycles. The summed E-state index contributed by atoms with van der Waals surface area (Å²) < 4.78 is 44.8. The van der Waals surface area contributed by atoms with Gasteiger partial charge in [0.05, 0.1) is 22.0 Å². The number of benzene rings is 2. The van der Waals surface area contributed by atoms with Crippen molar-refractivity contribution < 1.29 is 22.7 Å². The van der Waals surface area contributed by atoms with Gasteiger partial charge in [-0.25, -0.2) is 4.79 Å². The van der Waals surface area contributed by atoms with Crippen LogP contribution in [0.2, 0.25) is 10.0 Å². The number of aromatic nitrogens is 2. The second kappa shape index (κ2) is 7.73. The molecule has 0 spiro atoms. The first kappa shape index (κ1) is 20.0. The van der Waals surface area contributed by atoms with E-state index in [9.17, 15) is 18.0 Å². The molecule has 28 heavy (non-hydrogen) atoms. The first-order valence-corrected chi connectivity index (χ1v) is 8.57. The summed E-state index contributed by atoms with van der Waals surface area (Å²) in [6.45, 7) is 1.59. The van der Waals surface area contributed by atoms with Crippen molar-refractivity contribution in [2.45, 2.75) is 13.1 Å². The molecule has 10 heteroatoms. The molecule has 1 N–H and O–H groups in total. The van der Waals surface area contributed by atoms with E-state index in [1.165, 1.54) is 30.3 Å². The van der Waals surface area contributed by atoms with Gasteiger partial charge in [-0.15, -0.1) is 5.10 Å². The Morgan fingerprint density at radius 1 is 1.14 bits per heavy atom. The van der Waals surface area contributed by atoms with Gasteiger partial charge >= 0.3 is 12.2 Å². The Hall–Kier alpha value is -2.71. The Kier molecular flexibility index (Phi) is 5.53. The van der Waals surface area contributed by atoms with Crippen molar-refractivity contribution in [1.82, 2.24) is 9.78 Å². The van der Waals surface area contributed by atoms with Crippen LogP contribution in [0.25, 0.3) is 0 Å². The highest BCUT2D eigenvalue weighted by molar-refractivity contribution is 6.36. The maximum atomic E-state index is 12.8. The third-order valence-electron chi connectivity index (χ3n) is 3.61. The first-order valence-electron chi connectivity index (χ1n) is 7.81. The van der Waals surface area contributed by atoms with Crippen molar-refractivity contribution in [3.05, 3.63) is 69.8 Å². The van der Waals surface area contributed by atoms with Crippen LogP contribution in [-0.4, -0.2) is 15.8 Å². The Morgan fingerprint density at radius 2 is 1.89 bits per heavy atom. The molecule has 0 aliphatic rings. The van der Waals surface area contributed by atoms with Gasteiger partial charge in [0.15, 0.2) is 0 Å². The lowest BCUT2D eigenvalue weighted by atomic mass is 10.2. The number of alkyl halides is 3. The number of hydrogen-bond donors (Lipinski definition) is 1. The molecular formula is C18H12Cl2F3N3O2. The van der Waals surface area contributed by atoms with E-state index in [0.717, 1.165) is 16.8 Å². The van der Waals surface area contributed by atoms with Gasteiger partial charge in [-0.3, -0.25) is 0 Å². The van der Waals surface area contributed by atoms with Crippen LogP contribution in [0.1, 0.15) is 11.3 Å². The number of nitrogens with one attached hydrogen (secondary N) is 1. The highest BCUT2D eigenvalue weighted by Crippen LogP contribution is 2.32. The summed E-state index contributed by atoms with van der Waals surface area (Å²) >= 11 is 11.8. The van der Waals surface area contributed by atoms with Crippen LogP contribution in [0.4, 0.5) is 23.7 Å². The minimum Gasteiger partial charge on any atom is -0.438 e. The topological polar surface area (TPSA) is 56.2 Å². The summed E-state index contributed by atoms with van der Waals surface area (Å²) in [6, 6.07) is 9.71. The Balaban J connectivity index is 1.78. The number of hydrogen-bond acceptors (Lipinski definition) is 3. The van der Waals surface area contributed by atoms with Gasteiger partial charge in [0.1, 0.15) is 5.75 Å².